The zero-order valence-electron chi connectivity index (χ0n) is 9.88. The van der Waals surface area contributed by atoms with Gasteiger partial charge in [-0.3, -0.25) is 4.90 Å². The molecule has 1 saturated heterocycles. The van der Waals surface area contributed by atoms with Crippen LogP contribution in [0.25, 0.3) is 0 Å². The predicted molar refractivity (Wildman–Crippen MR) is 57.6 cm³/mol. The number of hydrogen-bond donors (Lipinski definition) is 0. The molecule has 1 aliphatic rings. The number of methoxy groups -OCH3 is 1. The van der Waals surface area contributed by atoms with Crippen LogP contribution in [0.2, 0.25) is 0 Å². The van der Waals surface area contributed by atoms with Crippen molar-refractivity contribution in [2.75, 3.05) is 33.4 Å². The molecule has 3 nitrogen and oxygen atoms in total. The van der Waals surface area contributed by atoms with Crippen LogP contribution in [0.5, 0.6) is 0 Å². The molecule has 0 aromatic rings. The fourth-order valence-corrected chi connectivity index (χ4v) is 1.82. The SMILES string of the molecule is COCCN1CCC(OC(C)(C)C)C1. The lowest BCUT2D eigenvalue weighted by Crippen LogP contribution is -2.31. The summed E-state index contributed by atoms with van der Waals surface area (Å²) in [5.74, 6) is 0. The van der Waals surface area contributed by atoms with Crippen molar-refractivity contribution >= 4 is 0 Å². The summed E-state index contributed by atoms with van der Waals surface area (Å²) in [6.07, 6.45) is 1.56. The van der Waals surface area contributed by atoms with Crippen LogP contribution in [0, 0.1) is 0 Å². The average molecular weight is 201 g/mol. The van der Waals surface area contributed by atoms with Gasteiger partial charge in [0.1, 0.15) is 0 Å². The van der Waals surface area contributed by atoms with E-state index in [1.165, 1.54) is 0 Å². The maximum atomic E-state index is 5.93. The van der Waals surface area contributed by atoms with Gasteiger partial charge in [0, 0.05) is 26.7 Å². The minimum atomic E-state index is -0.0120. The third-order valence-electron chi connectivity index (χ3n) is 2.36. The van der Waals surface area contributed by atoms with Gasteiger partial charge >= 0.3 is 0 Å². The van der Waals surface area contributed by atoms with Gasteiger partial charge in [-0.2, -0.15) is 0 Å². The molecular formula is C11H23NO2. The number of nitrogens with zero attached hydrogens (tertiary/aromatic N) is 1. The molecule has 14 heavy (non-hydrogen) atoms. The Morgan fingerprint density at radius 2 is 2.07 bits per heavy atom. The fraction of sp³-hybridized carbons (Fsp3) is 1.00. The van der Waals surface area contributed by atoms with E-state index in [4.69, 9.17) is 9.47 Å². The molecule has 0 aliphatic carbocycles. The molecule has 0 aromatic carbocycles. The predicted octanol–water partition coefficient (Wildman–Crippen LogP) is 1.52. The Bertz CT molecular complexity index is 165. The normalized spacial score (nSPS) is 24.4. The third kappa shape index (κ3) is 4.40. The van der Waals surface area contributed by atoms with Gasteiger partial charge in [-0.05, 0) is 27.2 Å². The topological polar surface area (TPSA) is 21.7 Å². The molecule has 1 aliphatic heterocycles. The summed E-state index contributed by atoms with van der Waals surface area (Å²) < 4.78 is 11.0. The summed E-state index contributed by atoms with van der Waals surface area (Å²) in [7, 11) is 1.75. The summed E-state index contributed by atoms with van der Waals surface area (Å²) >= 11 is 0. The van der Waals surface area contributed by atoms with Crippen LogP contribution in [-0.2, 0) is 9.47 Å². The minimum Gasteiger partial charge on any atom is -0.383 e. The van der Waals surface area contributed by atoms with Gasteiger partial charge in [-0.1, -0.05) is 0 Å². The van der Waals surface area contributed by atoms with Gasteiger partial charge in [-0.15, -0.1) is 0 Å². The van der Waals surface area contributed by atoms with Crippen molar-refractivity contribution in [3.8, 4) is 0 Å². The van der Waals surface area contributed by atoms with E-state index < -0.39 is 0 Å². The molecule has 0 bridgehead atoms. The van der Waals surface area contributed by atoms with Crippen LogP contribution >= 0.6 is 0 Å². The van der Waals surface area contributed by atoms with Crippen LogP contribution in [0.15, 0.2) is 0 Å². The summed E-state index contributed by atoms with van der Waals surface area (Å²) in [5.41, 5.74) is -0.0120. The van der Waals surface area contributed by atoms with Gasteiger partial charge in [-0.25, -0.2) is 0 Å². The molecule has 3 heteroatoms. The van der Waals surface area contributed by atoms with E-state index >= 15 is 0 Å². The quantitative estimate of drug-likeness (QED) is 0.688. The summed E-state index contributed by atoms with van der Waals surface area (Å²) in [5, 5.41) is 0. The van der Waals surface area contributed by atoms with Crippen molar-refractivity contribution in [1.82, 2.24) is 4.90 Å². The zero-order chi connectivity index (χ0) is 10.6. The molecule has 0 saturated carbocycles. The molecule has 0 spiro atoms. The van der Waals surface area contributed by atoms with Gasteiger partial charge in [0.15, 0.2) is 0 Å². The third-order valence-corrected chi connectivity index (χ3v) is 2.36. The van der Waals surface area contributed by atoms with E-state index in [1.54, 1.807) is 7.11 Å². The average Bonchev–Trinajstić information content (AvgIpc) is 2.46. The van der Waals surface area contributed by atoms with E-state index in [1.807, 2.05) is 0 Å². The van der Waals surface area contributed by atoms with Crippen molar-refractivity contribution in [2.45, 2.75) is 38.9 Å². The Balaban J connectivity index is 2.20. The Kier molecular flexibility index (Phi) is 4.35. The molecule has 1 rings (SSSR count). The Labute approximate surface area is 87.4 Å². The number of likely N-dealkylation sites (tertiary alicyclic amines) is 1. The van der Waals surface area contributed by atoms with Crippen LogP contribution in [-0.4, -0.2) is 50.0 Å². The van der Waals surface area contributed by atoms with Crippen LogP contribution in [0.1, 0.15) is 27.2 Å². The van der Waals surface area contributed by atoms with Crippen molar-refractivity contribution in [3.05, 3.63) is 0 Å². The van der Waals surface area contributed by atoms with E-state index in [0.29, 0.717) is 6.10 Å². The highest BCUT2D eigenvalue weighted by Crippen LogP contribution is 2.18. The summed E-state index contributed by atoms with van der Waals surface area (Å²) in [4.78, 5) is 2.40. The van der Waals surface area contributed by atoms with Gasteiger partial charge in [0.2, 0.25) is 0 Å². The monoisotopic (exact) mass is 201 g/mol. The zero-order valence-corrected chi connectivity index (χ0v) is 9.88. The smallest absolute Gasteiger partial charge is 0.0721 e. The Morgan fingerprint density at radius 3 is 2.64 bits per heavy atom. The first-order valence-corrected chi connectivity index (χ1v) is 5.40. The van der Waals surface area contributed by atoms with Crippen molar-refractivity contribution in [3.63, 3.8) is 0 Å². The van der Waals surface area contributed by atoms with Gasteiger partial charge < -0.3 is 9.47 Å². The van der Waals surface area contributed by atoms with Gasteiger partial charge in [0.05, 0.1) is 18.3 Å². The van der Waals surface area contributed by atoms with Crippen molar-refractivity contribution in [2.24, 2.45) is 0 Å². The lowest BCUT2D eigenvalue weighted by molar-refractivity contribution is -0.0542. The molecular weight excluding hydrogens is 178 g/mol. The standard InChI is InChI=1S/C11H23NO2/c1-11(2,3)14-10-5-6-12(9-10)7-8-13-4/h10H,5-9H2,1-4H3. The van der Waals surface area contributed by atoms with E-state index in [2.05, 4.69) is 25.7 Å². The molecule has 0 N–H and O–H groups in total. The fourth-order valence-electron chi connectivity index (χ4n) is 1.82. The van der Waals surface area contributed by atoms with Crippen LogP contribution < -0.4 is 0 Å². The molecule has 1 unspecified atom stereocenters. The molecule has 84 valence electrons. The second kappa shape index (κ2) is 5.10. The summed E-state index contributed by atoms with van der Waals surface area (Å²) in [6.45, 7) is 10.4. The maximum Gasteiger partial charge on any atom is 0.0721 e. The molecule has 1 heterocycles. The molecule has 0 aromatic heterocycles. The number of rotatable bonds is 4. The first-order valence-electron chi connectivity index (χ1n) is 5.40. The van der Waals surface area contributed by atoms with Crippen molar-refractivity contribution < 1.29 is 9.47 Å². The van der Waals surface area contributed by atoms with E-state index in [0.717, 1.165) is 32.7 Å². The Hall–Kier alpha value is -0.120. The first-order chi connectivity index (χ1) is 6.51. The van der Waals surface area contributed by atoms with E-state index in [9.17, 15) is 0 Å². The van der Waals surface area contributed by atoms with Crippen LogP contribution in [0.3, 0.4) is 0 Å². The lowest BCUT2D eigenvalue weighted by Gasteiger charge is -2.25. The Morgan fingerprint density at radius 1 is 1.36 bits per heavy atom. The lowest BCUT2D eigenvalue weighted by atomic mass is 10.2. The highest BCUT2D eigenvalue weighted by atomic mass is 16.5. The largest absolute Gasteiger partial charge is 0.383 e. The molecule has 1 fully saturated rings. The molecule has 1 atom stereocenters. The van der Waals surface area contributed by atoms with Crippen LogP contribution in [0.4, 0.5) is 0 Å². The molecule has 0 radical (unpaired) electrons. The molecule has 0 amide bonds. The second-order valence-corrected chi connectivity index (χ2v) is 4.93. The minimum absolute atomic E-state index is 0.0120. The van der Waals surface area contributed by atoms with Crippen molar-refractivity contribution in [1.29, 1.82) is 0 Å². The highest BCUT2D eigenvalue weighted by Gasteiger charge is 2.26. The second-order valence-electron chi connectivity index (χ2n) is 4.93. The summed E-state index contributed by atoms with van der Waals surface area (Å²) in [6, 6.07) is 0. The number of hydrogen-bond acceptors (Lipinski definition) is 3. The number of ether oxygens (including phenoxy) is 2. The van der Waals surface area contributed by atoms with Gasteiger partial charge in [0.25, 0.3) is 0 Å². The highest BCUT2D eigenvalue weighted by molar-refractivity contribution is 4.78. The van der Waals surface area contributed by atoms with E-state index in [-0.39, 0.29) is 5.60 Å². The maximum absolute atomic E-state index is 5.93. The first kappa shape index (κ1) is 12.0.